The zero-order valence-electron chi connectivity index (χ0n) is 34.6. The van der Waals surface area contributed by atoms with E-state index in [1.165, 1.54) is 18.1 Å². The van der Waals surface area contributed by atoms with Gasteiger partial charge in [0.25, 0.3) is 5.91 Å². The lowest BCUT2D eigenvalue weighted by Gasteiger charge is -2.22. The Bertz CT molecular complexity index is 1800. The SMILES string of the molecule is C=C(CCc1ccccc1)C(C)CC(CCC)C(=O)Nc1ccccc1.CC(=O)CCC(=O)C(NC(=O)c1cc2c(S)cccc2[nH]1)C(C)C.CC(C)(C)C. The lowest BCUT2D eigenvalue weighted by molar-refractivity contribution is -0.125. The van der Waals surface area contributed by atoms with E-state index in [2.05, 4.69) is 101 Å². The Balaban J connectivity index is 0.000000339. The molecule has 55 heavy (non-hydrogen) atoms. The van der Waals surface area contributed by atoms with E-state index in [-0.39, 0.29) is 48.1 Å². The number of nitrogens with one attached hydrogen (secondary N) is 3. The first-order valence-electron chi connectivity index (χ1n) is 19.6. The van der Waals surface area contributed by atoms with Gasteiger partial charge in [0.15, 0.2) is 5.78 Å². The maximum Gasteiger partial charge on any atom is 0.268 e. The summed E-state index contributed by atoms with van der Waals surface area (Å²) >= 11 is 4.38. The molecule has 0 bridgehead atoms. The largest absolute Gasteiger partial charge is 0.350 e. The Morgan fingerprint density at radius 3 is 1.98 bits per heavy atom. The minimum absolute atomic E-state index is 0.0312. The molecule has 3 atom stereocenters. The number of fused-ring (bicyclic) bond motifs is 1. The second kappa shape index (κ2) is 23.5. The van der Waals surface area contributed by atoms with Crippen LogP contribution in [0.4, 0.5) is 5.69 Å². The van der Waals surface area contributed by atoms with Crippen molar-refractivity contribution < 1.29 is 19.2 Å². The topological polar surface area (TPSA) is 108 Å². The van der Waals surface area contributed by atoms with Gasteiger partial charge < -0.3 is 20.4 Å². The van der Waals surface area contributed by atoms with Gasteiger partial charge in [0.1, 0.15) is 11.5 Å². The number of thiol groups is 1. The number of Topliss-reactive ketones (excluding diaryl/α,β-unsaturated/α-hetero) is 2. The second-order valence-electron chi connectivity index (χ2n) is 16.4. The molecule has 0 fully saturated rings. The molecule has 7 nitrogen and oxygen atoms in total. The van der Waals surface area contributed by atoms with Crippen LogP contribution in [0.1, 0.15) is 117 Å². The lowest BCUT2D eigenvalue weighted by Crippen LogP contribution is -2.44. The van der Waals surface area contributed by atoms with Gasteiger partial charge in [-0.2, -0.15) is 0 Å². The number of allylic oxidation sites excluding steroid dienone is 1. The van der Waals surface area contributed by atoms with Crippen molar-refractivity contribution in [2.75, 3.05) is 5.32 Å². The van der Waals surface area contributed by atoms with Crippen LogP contribution in [-0.2, 0) is 20.8 Å². The fourth-order valence-corrected chi connectivity index (χ4v) is 6.08. The zero-order chi connectivity index (χ0) is 41.1. The van der Waals surface area contributed by atoms with Crippen LogP contribution in [0.25, 0.3) is 10.9 Å². The van der Waals surface area contributed by atoms with Crippen LogP contribution in [-0.4, -0.2) is 34.4 Å². The summed E-state index contributed by atoms with van der Waals surface area (Å²) < 4.78 is 0. The highest BCUT2D eigenvalue weighted by molar-refractivity contribution is 7.80. The molecule has 3 unspecified atom stereocenters. The van der Waals surface area contributed by atoms with Crippen LogP contribution in [0.3, 0.4) is 0 Å². The van der Waals surface area contributed by atoms with Crippen LogP contribution in [0.15, 0.2) is 102 Å². The predicted octanol–water partition coefficient (Wildman–Crippen LogP) is 11.5. The Labute approximate surface area is 336 Å². The molecule has 0 aliphatic carbocycles. The third-order valence-corrected chi connectivity index (χ3v) is 9.26. The maximum atomic E-state index is 12.7. The second-order valence-corrected chi connectivity index (χ2v) is 16.9. The molecule has 0 saturated heterocycles. The molecule has 3 N–H and O–H groups in total. The lowest BCUT2D eigenvalue weighted by atomic mass is 9.85. The standard InChI is InChI=1S/C24H31NO.C18H22N2O3S.C5H12/c1-4-11-22(24(26)25-23-14-9-6-10-15-23)18-20(3)19(2)16-17-21-12-7-5-8-13-21;1-10(2)17(15(22)8-7-11(3)21)20-18(23)14-9-12-13(19-14)5-4-6-16(12)24;1-5(2,3)4/h5-10,12-15,20,22H,2,4,11,16-18H2,1,3H3,(H,25,26);4-6,9-10,17,19,24H,7-8H2,1-3H3,(H,20,23);1-4H3. The number of H-pyrrole nitrogens is 1. The smallest absolute Gasteiger partial charge is 0.268 e. The molecule has 4 rings (SSSR count). The molecule has 8 heteroatoms. The number of carbonyl (C=O) groups is 4. The van der Waals surface area contributed by atoms with E-state index in [1.54, 1.807) is 6.07 Å². The Hall–Kier alpha value is -4.43. The molecule has 0 radical (unpaired) electrons. The molecular formula is C47H65N3O4S. The number of hydrogen-bond donors (Lipinski definition) is 4. The first kappa shape index (κ1) is 46.7. The van der Waals surface area contributed by atoms with Crippen molar-refractivity contribution in [1.29, 1.82) is 0 Å². The van der Waals surface area contributed by atoms with E-state index in [1.807, 2.05) is 68.4 Å². The number of hydrogen-bond acceptors (Lipinski definition) is 5. The molecule has 0 saturated carbocycles. The molecule has 4 aromatic rings. The van der Waals surface area contributed by atoms with Crippen molar-refractivity contribution in [3.63, 3.8) is 0 Å². The quantitative estimate of drug-likeness (QED) is 0.0634. The molecule has 0 aliphatic heterocycles. The normalized spacial score (nSPS) is 12.6. The van der Waals surface area contributed by atoms with Crippen molar-refractivity contribution >= 4 is 52.6 Å². The van der Waals surface area contributed by atoms with Gasteiger partial charge in [0.2, 0.25) is 5.91 Å². The van der Waals surface area contributed by atoms with Crippen LogP contribution in [0.2, 0.25) is 0 Å². The van der Waals surface area contributed by atoms with E-state index in [0.717, 1.165) is 53.6 Å². The van der Waals surface area contributed by atoms with Gasteiger partial charge >= 0.3 is 0 Å². The summed E-state index contributed by atoms with van der Waals surface area (Å²) in [6.45, 7) is 22.6. The molecule has 0 aliphatic rings. The van der Waals surface area contributed by atoms with Gasteiger partial charge in [-0.1, -0.05) is 129 Å². The Morgan fingerprint density at radius 1 is 0.836 bits per heavy atom. The fraction of sp³-hybridized carbons (Fsp3) is 0.447. The van der Waals surface area contributed by atoms with E-state index < -0.39 is 6.04 Å². The van der Waals surface area contributed by atoms with Crippen LogP contribution in [0, 0.1) is 23.2 Å². The monoisotopic (exact) mass is 767 g/mol. The molecule has 0 spiro atoms. The van der Waals surface area contributed by atoms with Crippen molar-refractivity contribution in [3.05, 3.63) is 108 Å². The predicted molar refractivity (Wildman–Crippen MR) is 233 cm³/mol. The number of para-hydroxylation sites is 1. The van der Waals surface area contributed by atoms with Crippen LogP contribution < -0.4 is 10.6 Å². The zero-order valence-corrected chi connectivity index (χ0v) is 35.5. The van der Waals surface area contributed by atoms with Crippen molar-refractivity contribution in [3.8, 4) is 0 Å². The maximum absolute atomic E-state index is 12.7. The van der Waals surface area contributed by atoms with Gasteiger partial charge in [-0.25, -0.2) is 0 Å². The van der Waals surface area contributed by atoms with Crippen molar-refractivity contribution in [1.82, 2.24) is 10.3 Å². The summed E-state index contributed by atoms with van der Waals surface area (Å²) in [7, 11) is 0. The minimum atomic E-state index is -0.612. The first-order valence-corrected chi connectivity index (χ1v) is 20.0. The number of rotatable bonds is 17. The summed E-state index contributed by atoms with van der Waals surface area (Å²) in [6.07, 6.45) is 5.12. The summed E-state index contributed by atoms with van der Waals surface area (Å²) in [5.74, 6) is -0.0538. The van der Waals surface area contributed by atoms with Gasteiger partial charge in [-0.15, -0.1) is 12.6 Å². The van der Waals surface area contributed by atoms with Gasteiger partial charge in [0, 0.05) is 40.2 Å². The number of carbonyl (C=O) groups excluding carboxylic acids is 4. The third kappa shape index (κ3) is 18.2. The average Bonchev–Trinajstić information content (AvgIpc) is 3.58. The van der Waals surface area contributed by atoms with E-state index in [0.29, 0.717) is 17.0 Å². The van der Waals surface area contributed by atoms with E-state index >= 15 is 0 Å². The number of amides is 2. The van der Waals surface area contributed by atoms with Gasteiger partial charge in [-0.3, -0.25) is 14.4 Å². The van der Waals surface area contributed by atoms with Crippen molar-refractivity contribution in [2.24, 2.45) is 23.2 Å². The summed E-state index contributed by atoms with van der Waals surface area (Å²) in [5, 5.41) is 6.70. The third-order valence-electron chi connectivity index (χ3n) is 8.87. The van der Waals surface area contributed by atoms with E-state index in [9.17, 15) is 19.2 Å². The summed E-state index contributed by atoms with van der Waals surface area (Å²) in [5.41, 5.74) is 5.15. The fourth-order valence-electron chi connectivity index (χ4n) is 5.81. The minimum Gasteiger partial charge on any atom is -0.350 e. The average molecular weight is 768 g/mol. The molecular weight excluding hydrogens is 703 g/mol. The van der Waals surface area contributed by atoms with Gasteiger partial charge in [-0.05, 0) is 85.8 Å². The Kier molecular flexibility index (Phi) is 19.9. The summed E-state index contributed by atoms with van der Waals surface area (Å²) in [4.78, 5) is 52.4. The first-order chi connectivity index (χ1) is 25.9. The number of benzene rings is 3. The van der Waals surface area contributed by atoms with E-state index in [4.69, 9.17) is 0 Å². The highest BCUT2D eigenvalue weighted by Crippen LogP contribution is 2.27. The molecule has 298 valence electrons. The summed E-state index contributed by atoms with van der Waals surface area (Å²) in [6, 6.07) is 26.9. The number of aromatic amines is 1. The number of ketones is 2. The molecule has 1 heterocycles. The highest BCUT2D eigenvalue weighted by atomic mass is 32.1. The number of aromatic nitrogens is 1. The van der Waals surface area contributed by atoms with Gasteiger partial charge in [0.05, 0.1) is 6.04 Å². The number of anilines is 1. The number of aryl methyl sites for hydroxylation is 1. The van der Waals surface area contributed by atoms with Crippen LogP contribution >= 0.6 is 12.6 Å². The van der Waals surface area contributed by atoms with Crippen LogP contribution in [0.5, 0.6) is 0 Å². The molecule has 3 aromatic carbocycles. The molecule has 2 amide bonds. The van der Waals surface area contributed by atoms with Crippen molar-refractivity contribution in [2.45, 2.75) is 118 Å². The molecule has 1 aromatic heterocycles. The Morgan fingerprint density at radius 2 is 1.44 bits per heavy atom. The highest BCUT2D eigenvalue weighted by Gasteiger charge is 2.25.